The number of carbonyl (C=O) groups excluding carboxylic acids is 1. The fourth-order valence-corrected chi connectivity index (χ4v) is 1.49. The molecule has 0 aliphatic heterocycles. The van der Waals surface area contributed by atoms with Gasteiger partial charge in [0.25, 0.3) is 11.5 Å². The molecule has 0 aliphatic rings. The molecule has 0 bridgehead atoms. The Morgan fingerprint density at radius 3 is 2.55 bits per heavy atom. The van der Waals surface area contributed by atoms with Crippen molar-refractivity contribution in [2.75, 3.05) is 5.32 Å². The summed E-state index contributed by atoms with van der Waals surface area (Å²) in [6, 6.07) is 3.30. The second kappa shape index (κ2) is 5.22. The number of aromatic nitrogens is 2. The molecule has 0 unspecified atom stereocenters. The van der Waals surface area contributed by atoms with Crippen LogP contribution in [-0.2, 0) is 0 Å². The number of aromatic hydroxyl groups is 1. The SMILES string of the molecule is O=C(O)c1cncc(NC(=O)c2cc(O)[nH]c(=O)c2)c1. The third-order valence-electron chi connectivity index (χ3n) is 2.34. The van der Waals surface area contributed by atoms with Crippen molar-refractivity contribution in [3.8, 4) is 5.88 Å². The average Bonchev–Trinajstić information content (AvgIpc) is 2.37. The molecule has 0 radical (unpaired) electrons. The molecule has 2 aromatic heterocycles. The second-order valence-corrected chi connectivity index (χ2v) is 3.84. The van der Waals surface area contributed by atoms with Crippen LogP contribution >= 0.6 is 0 Å². The molecule has 2 aromatic rings. The Kier molecular flexibility index (Phi) is 3.47. The molecule has 0 atom stereocenters. The molecule has 0 saturated heterocycles. The highest BCUT2D eigenvalue weighted by Crippen LogP contribution is 2.11. The molecule has 0 aliphatic carbocycles. The van der Waals surface area contributed by atoms with Crippen LogP contribution in [-0.4, -0.2) is 32.1 Å². The van der Waals surface area contributed by atoms with E-state index >= 15 is 0 Å². The van der Waals surface area contributed by atoms with E-state index in [2.05, 4.69) is 15.3 Å². The third-order valence-corrected chi connectivity index (χ3v) is 2.34. The standard InChI is InChI=1S/C12H9N3O5/c16-9-2-6(3-10(17)15-9)11(18)14-8-1-7(12(19)20)4-13-5-8/h1-5H,(H,14,18)(H,19,20)(H2,15,16,17). The number of anilines is 1. The summed E-state index contributed by atoms with van der Waals surface area (Å²) in [7, 11) is 0. The lowest BCUT2D eigenvalue weighted by atomic mass is 10.2. The second-order valence-electron chi connectivity index (χ2n) is 3.84. The van der Waals surface area contributed by atoms with Crippen molar-refractivity contribution in [1.29, 1.82) is 0 Å². The van der Waals surface area contributed by atoms with E-state index in [9.17, 15) is 19.5 Å². The molecule has 2 rings (SSSR count). The van der Waals surface area contributed by atoms with E-state index < -0.39 is 23.3 Å². The van der Waals surface area contributed by atoms with Crippen LogP contribution in [0.25, 0.3) is 0 Å². The van der Waals surface area contributed by atoms with E-state index in [1.54, 1.807) is 0 Å². The van der Waals surface area contributed by atoms with Crippen LogP contribution in [0.5, 0.6) is 5.88 Å². The Hall–Kier alpha value is -3.16. The molecular formula is C12H9N3O5. The number of hydrogen-bond acceptors (Lipinski definition) is 5. The molecule has 0 saturated carbocycles. The van der Waals surface area contributed by atoms with E-state index in [1.807, 2.05) is 0 Å². The summed E-state index contributed by atoms with van der Waals surface area (Å²) in [4.78, 5) is 39.5. The summed E-state index contributed by atoms with van der Waals surface area (Å²) in [5.41, 5.74) is -0.620. The number of nitrogens with zero attached hydrogens (tertiary/aromatic N) is 1. The summed E-state index contributed by atoms with van der Waals surface area (Å²) in [6.45, 7) is 0. The highest BCUT2D eigenvalue weighted by Gasteiger charge is 2.10. The molecule has 2 heterocycles. The number of amides is 1. The third kappa shape index (κ3) is 2.99. The van der Waals surface area contributed by atoms with E-state index in [1.165, 1.54) is 12.3 Å². The normalized spacial score (nSPS) is 10.0. The zero-order valence-electron chi connectivity index (χ0n) is 9.95. The smallest absolute Gasteiger partial charge is 0.337 e. The van der Waals surface area contributed by atoms with Crippen LogP contribution in [0.2, 0.25) is 0 Å². The predicted octanol–water partition coefficient (Wildman–Crippen LogP) is 0.426. The van der Waals surface area contributed by atoms with Crippen molar-refractivity contribution < 1.29 is 19.8 Å². The fourth-order valence-electron chi connectivity index (χ4n) is 1.49. The van der Waals surface area contributed by atoms with Gasteiger partial charge in [-0.2, -0.15) is 0 Å². The van der Waals surface area contributed by atoms with Gasteiger partial charge >= 0.3 is 5.97 Å². The van der Waals surface area contributed by atoms with Crippen molar-refractivity contribution >= 4 is 17.6 Å². The zero-order valence-corrected chi connectivity index (χ0v) is 9.95. The highest BCUT2D eigenvalue weighted by atomic mass is 16.4. The molecule has 0 aromatic carbocycles. The summed E-state index contributed by atoms with van der Waals surface area (Å²) < 4.78 is 0. The lowest BCUT2D eigenvalue weighted by molar-refractivity contribution is 0.0696. The van der Waals surface area contributed by atoms with Crippen molar-refractivity contribution in [2.24, 2.45) is 0 Å². The number of carboxylic acids is 1. The van der Waals surface area contributed by atoms with E-state index in [-0.39, 0.29) is 16.8 Å². The summed E-state index contributed by atoms with van der Waals surface area (Å²) >= 11 is 0. The molecule has 1 amide bonds. The van der Waals surface area contributed by atoms with Crippen molar-refractivity contribution in [3.63, 3.8) is 0 Å². The monoisotopic (exact) mass is 275 g/mol. The average molecular weight is 275 g/mol. The van der Waals surface area contributed by atoms with Crippen molar-refractivity contribution in [2.45, 2.75) is 0 Å². The topological polar surface area (TPSA) is 132 Å². The molecule has 8 nitrogen and oxygen atoms in total. The number of nitrogens with one attached hydrogen (secondary N) is 2. The summed E-state index contributed by atoms with van der Waals surface area (Å²) in [5, 5.41) is 20.4. The molecule has 102 valence electrons. The Bertz CT molecular complexity index is 738. The van der Waals surface area contributed by atoms with Gasteiger partial charge in [-0.05, 0) is 6.07 Å². The minimum absolute atomic E-state index is 0.0630. The van der Waals surface area contributed by atoms with Gasteiger partial charge in [0.15, 0.2) is 5.88 Å². The van der Waals surface area contributed by atoms with Crippen LogP contribution in [0.3, 0.4) is 0 Å². The van der Waals surface area contributed by atoms with Gasteiger partial charge in [-0.15, -0.1) is 0 Å². The summed E-state index contributed by atoms with van der Waals surface area (Å²) in [5.74, 6) is -2.29. The van der Waals surface area contributed by atoms with Crippen LogP contribution in [0.4, 0.5) is 5.69 Å². The van der Waals surface area contributed by atoms with Gasteiger partial charge in [0.1, 0.15) is 0 Å². The minimum Gasteiger partial charge on any atom is -0.494 e. The first kappa shape index (κ1) is 13.3. The van der Waals surface area contributed by atoms with Crippen LogP contribution in [0.1, 0.15) is 20.7 Å². The quantitative estimate of drug-likeness (QED) is 0.642. The van der Waals surface area contributed by atoms with Crippen LogP contribution in [0.15, 0.2) is 35.4 Å². The Balaban J connectivity index is 2.25. The number of carboxylic acid groups (broad SMARTS) is 1. The van der Waals surface area contributed by atoms with Crippen LogP contribution in [0, 0.1) is 0 Å². The van der Waals surface area contributed by atoms with E-state index in [0.29, 0.717) is 0 Å². The molecule has 20 heavy (non-hydrogen) atoms. The van der Waals surface area contributed by atoms with Gasteiger partial charge in [-0.25, -0.2) is 4.79 Å². The Morgan fingerprint density at radius 1 is 1.15 bits per heavy atom. The predicted molar refractivity (Wildman–Crippen MR) is 67.9 cm³/mol. The van der Waals surface area contributed by atoms with E-state index in [0.717, 1.165) is 18.3 Å². The minimum atomic E-state index is -1.18. The Morgan fingerprint density at radius 2 is 1.90 bits per heavy atom. The van der Waals surface area contributed by atoms with E-state index in [4.69, 9.17) is 5.11 Å². The number of pyridine rings is 2. The molecule has 0 spiro atoms. The van der Waals surface area contributed by atoms with Gasteiger partial charge in [0, 0.05) is 18.3 Å². The van der Waals surface area contributed by atoms with Crippen molar-refractivity contribution in [3.05, 3.63) is 52.1 Å². The summed E-state index contributed by atoms with van der Waals surface area (Å²) in [6.07, 6.45) is 2.40. The molecule has 4 N–H and O–H groups in total. The molecular weight excluding hydrogens is 266 g/mol. The number of aromatic amines is 1. The lowest BCUT2D eigenvalue weighted by Crippen LogP contribution is -2.16. The Labute approximate surface area is 111 Å². The van der Waals surface area contributed by atoms with Gasteiger partial charge in [-0.1, -0.05) is 0 Å². The largest absolute Gasteiger partial charge is 0.494 e. The van der Waals surface area contributed by atoms with Crippen molar-refractivity contribution in [1.82, 2.24) is 9.97 Å². The maximum absolute atomic E-state index is 11.8. The lowest BCUT2D eigenvalue weighted by Gasteiger charge is -2.05. The van der Waals surface area contributed by atoms with Gasteiger partial charge in [-0.3, -0.25) is 19.6 Å². The molecule has 8 heteroatoms. The molecule has 0 fully saturated rings. The van der Waals surface area contributed by atoms with Gasteiger partial charge in [0.05, 0.1) is 23.0 Å². The fraction of sp³-hybridized carbons (Fsp3) is 0. The number of carbonyl (C=O) groups is 2. The maximum Gasteiger partial charge on any atom is 0.337 e. The van der Waals surface area contributed by atoms with Gasteiger partial charge in [0.2, 0.25) is 0 Å². The first-order valence-electron chi connectivity index (χ1n) is 5.39. The van der Waals surface area contributed by atoms with Crippen LogP contribution < -0.4 is 10.9 Å². The number of hydrogen-bond donors (Lipinski definition) is 4. The number of H-pyrrole nitrogens is 1. The first-order chi connectivity index (χ1) is 9.45. The zero-order chi connectivity index (χ0) is 14.7. The number of rotatable bonds is 3. The van der Waals surface area contributed by atoms with Gasteiger partial charge < -0.3 is 15.5 Å². The first-order valence-corrected chi connectivity index (χ1v) is 5.39. The number of aromatic carboxylic acids is 1. The maximum atomic E-state index is 11.8. The highest BCUT2D eigenvalue weighted by molar-refractivity contribution is 6.04.